The molecule has 17 heavy (non-hydrogen) atoms. The lowest BCUT2D eigenvalue weighted by Gasteiger charge is -2.33. The van der Waals surface area contributed by atoms with Crippen LogP contribution in [0, 0.1) is 0 Å². The maximum atomic E-state index is 10.6. The van der Waals surface area contributed by atoms with E-state index in [9.17, 15) is 5.11 Å². The number of nitrogens with one attached hydrogen (secondary N) is 1. The van der Waals surface area contributed by atoms with Gasteiger partial charge in [0.15, 0.2) is 0 Å². The lowest BCUT2D eigenvalue weighted by atomic mass is 9.90. The van der Waals surface area contributed by atoms with Gasteiger partial charge in [-0.25, -0.2) is 0 Å². The van der Waals surface area contributed by atoms with E-state index in [0.717, 1.165) is 13.0 Å². The molecule has 2 heterocycles. The van der Waals surface area contributed by atoms with Crippen LogP contribution in [0.3, 0.4) is 0 Å². The van der Waals surface area contributed by atoms with Crippen LogP contribution in [0.1, 0.15) is 18.5 Å². The number of hydrogen-bond acceptors (Lipinski definition) is 4. The molecule has 2 N–H and O–H groups in total. The highest BCUT2D eigenvalue weighted by molar-refractivity contribution is 6.31. The predicted octanol–water partition coefficient (Wildman–Crippen LogP) is 0.754. The smallest absolute Gasteiger partial charge is 0.120 e. The maximum Gasteiger partial charge on any atom is 0.120 e. The van der Waals surface area contributed by atoms with Crippen molar-refractivity contribution in [1.29, 1.82) is 0 Å². The molecule has 1 fully saturated rings. The number of aliphatic hydroxyl groups is 1. The molecule has 5 nitrogen and oxygen atoms in total. The van der Waals surface area contributed by atoms with Crippen molar-refractivity contribution in [2.75, 3.05) is 26.8 Å². The van der Waals surface area contributed by atoms with Gasteiger partial charge in [0.05, 0.1) is 30.1 Å². The Bertz CT molecular complexity index is 375. The molecule has 0 saturated carbocycles. The van der Waals surface area contributed by atoms with E-state index < -0.39 is 5.60 Å². The summed E-state index contributed by atoms with van der Waals surface area (Å²) in [7, 11) is 1.64. The highest BCUT2D eigenvalue weighted by Crippen LogP contribution is 2.33. The Morgan fingerprint density at radius 2 is 2.53 bits per heavy atom. The Labute approximate surface area is 106 Å². The first-order valence-electron chi connectivity index (χ1n) is 5.81. The molecule has 0 spiro atoms. The molecule has 1 unspecified atom stereocenters. The lowest BCUT2D eigenvalue weighted by Crippen LogP contribution is -2.45. The van der Waals surface area contributed by atoms with Gasteiger partial charge in [-0.2, -0.15) is 5.10 Å². The molecule has 0 amide bonds. The van der Waals surface area contributed by atoms with Gasteiger partial charge in [0.1, 0.15) is 5.60 Å². The first kappa shape index (κ1) is 12.8. The monoisotopic (exact) mass is 259 g/mol. The van der Waals surface area contributed by atoms with E-state index in [1.807, 2.05) is 0 Å². The molecule has 1 aliphatic rings. The van der Waals surface area contributed by atoms with E-state index >= 15 is 0 Å². The minimum atomic E-state index is -0.917. The minimum absolute atomic E-state index is 0.519. The summed E-state index contributed by atoms with van der Waals surface area (Å²) in [6.07, 6.45) is 3.22. The van der Waals surface area contributed by atoms with Gasteiger partial charge >= 0.3 is 0 Å². The largest absolute Gasteiger partial charge is 0.383 e. The Morgan fingerprint density at radius 1 is 1.71 bits per heavy atom. The van der Waals surface area contributed by atoms with Crippen molar-refractivity contribution in [3.8, 4) is 0 Å². The Hall–Kier alpha value is -0.620. The molecule has 0 bridgehead atoms. The second-order valence-electron chi connectivity index (χ2n) is 4.37. The summed E-state index contributed by atoms with van der Waals surface area (Å²) in [5.74, 6) is 0. The average Bonchev–Trinajstić information content (AvgIpc) is 2.69. The Balaban J connectivity index is 2.25. The van der Waals surface area contributed by atoms with Crippen molar-refractivity contribution in [2.45, 2.75) is 25.0 Å². The zero-order valence-corrected chi connectivity index (χ0v) is 10.7. The summed E-state index contributed by atoms with van der Waals surface area (Å²) in [5, 5.41) is 18.5. The normalized spacial score (nSPS) is 25.1. The van der Waals surface area contributed by atoms with Crippen molar-refractivity contribution in [3.05, 3.63) is 16.9 Å². The fourth-order valence-electron chi connectivity index (χ4n) is 2.26. The molecule has 1 saturated heterocycles. The summed E-state index contributed by atoms with van der Waals surface area (Å²) in [5.41, 5.74) is -0.219. The Kier molecular flexibility index (Phi) is 4.04. The molecule has 6 heteroatoms. The molecular formula is C11H18ClN3O2. The molecule has 1 aromatic rings. The molecule has 96 valence electrons. The van der Waals surface area contributed by atoms with Gasteiger partial charge in [0.2, 0.25) is 0 Å². The summed E-state index contributed by atoms with van der Waals surface area (Å²) >= 11 is 6.13. The van der Waals surface area contributed by atoms with Crippen LogP contribution in [-0.2, 0) is 16.9 Å². The third-order valence-corrected chi connectivity index (χ3v) is 3.38. The van der Waals surface area contributed by atoms with Crippen molar-refractivity contribution in [1.82, 2.24) is 15.1 Å². The quantitative estimate of drug-likeness (QED) is 0.838. The number of ether oxygens (including phenoxy) is 1. The van der Waals surface area contributed by atoms with Crippen molar-refractivity contribution in [2.24, 2.45) is 0 Å². The van der Waals surface area contributed by atoms with Crippen LogP contribution in [0.4, 0.5) is 0 Å². The number of β-amino-alcohol motifs (C(OH)–C–C–N with tert-alkyl or cyclic N) is 1. The SMILES string of the molecule is COCCn1ncc(Cl)c1C1(O)CCCNC1. The Morgan fingerprint density at radius 3 is 3.18 bits per heavy atom. The van der Waals surface area contributed by atoms with Gasteiger partial charge in [-0.1, -0.05) is 11.6 Å². The first-order chi connectivity index (χ1) is 8.17. The second kappa shape index (κ2) is 5.35. The van der Waals surface area contributed by atoms with Crippen LogP contribution in [0.5, 0.6) is 0 Å². The highest BCUT2D eigenvalue weighted by Gasteiger charge is 2.36. The van der Waals surface area contributed by atoms with Gasteiger partial charge in [-0.05, 0) is 19.4 Å². The van der Waals surface area contributed by atoms with Crippen molar-refractivity contribution < 1.29 is 9.84 Å². The lowest BCUT2D eigenvalue weighted by molar-refractivity contribution is 0.00304. The fraction of sp³-hybridized carbons (Fsp3) is 0.727. The number of rotatable bonds is 4. The third-order valence-electron chi connectivity index (χ3n) is 3.10. The first-order valence-corrected chi connectivity index (χ1v) is 6.19. The van der Waals surface area contributed by atoms with Crippen LogP contribution in [0.2, 0.25) is 5.02 Å². The molecule has 1 aromatic heterocycles. The molecular weight excluding hydrogens is 242 g/mol. The molecule has 1 aliphatic heterocycles. The van der Waals surface area contributed by atoms with Crippen LogP contribution in [0.25, 0.3) is 0 Å². The van der Waals surface area contributed by atoms with Gasteiger partial charge in [-0.3, -0.25) is 4.68 Å². The number of methoxy groups -OCH3 is 1. The zero-order valence-electron chi connectivity index (χ0n) is 9.95. The van der Waals surface area contributed by atoms with Crippen molar-refractivity contribution in [3.63, 3.8) is 0 Å². The van der Waals surface area contributed by atoms with Gasteiger partial charge in [0, 0.05) is 13.7 Å². The van der Waals surface area contributed by atoms with Crippen molar-refractivity contribution >= 4 is 11.6 Å². The third kappa shape index (κ3) is 2.63. The molecule has 0 aliphatic carbocycles. The summed E-state index contributed by atoms with van der Waals surface area (Å²) in [6.45, 7) is 2.60. The van der Waals surface area contributed by atoms with E-state index in [0.29, 0.717) is 36.8 Å². The van der Waals surface area contributed by atoms with E-state index in [1.54, 1.807) is 18.0 Å². The molecule has 1 atom stereocenters. The zero-order chi connectivity index (χ0) is 12.3. The fourth-order valence-corrected chi connectivity index (χ4v) is 2.58. The van der Waals surface area contributed by atoms with Gasteiger partial charge in [0.25, 0.3) is 0 Å². The minimum Gasteiger partial charge on any atom is -0.383 e. The van der Waals surface area contributed by atoms with Crippen LogP contribution in [-0.4, -0.2) is 41.7 Å². The van der Waals surface area contributed by atoms with E-state index in [2.05, 4.69) is 10.4 Å². The number of piperidine rings is 1. The predicted molar refractivity (Wildman–Crippen MR) is 65.1 cm³/mol. The number of hydrogen-bond donors (Lipinski definition) is 2. The number of halogens is 1. The molecule has 0 aromatic carbocycles. The summed E-state index contributed by atoms with van der Waals surface area (Å²) in [6, 6.07) is 0. The van der Waals surface area contributed by atoms with E-state index in [-0.39, 0.29) is 0 Å². The van der Waals surface area contributed by atoms with Crippen LogP contribution in [0.15, 0.2) is 6.20 Å². The second-order valence-corrected chi connectivity index (χ2v) is 4.78. The highest BCUT2D eigenvalue weighted by atomic mass is 35.5. The average molecular weight is 260 g/mol. The molecule has 2 rings (SSSR count). The van der Waals surface area contributed by atoms with Gasteiger partial charge in [-0.15, -0.1) is 0 Å². The van der Waals surface area contributed by atoms with E-state index in [1.165, 1.54) is 0 Å². The number of nitrogens with zero attached hydrogens (tertiary/aromatic N) is 2. The standard InChI is InChI=1S/C11H18ClN3O2/c1-17-6-5-15-10(9(12)7-14-15)11(16)3-2-4-13-8-11/h7,13,16H,2-6,8H2,1H3. The summed E-state index contributed by atoms with van der Waals surface area (Å²) < 4.78 is 6.76. The number of aromatic nitrogens is 2. The van der Waals surface area contributed by atoms with E-state index in [4.69, 9.17) is 16.3 Å². The molecule has 0 radical (unpaired) electrons. The topological polar surface area (TPSA) is 59.3 Å². The summed E-state index contributed by atoms with van der Waals surface area (Å²) in [4.78, 5) is 0. The van der Waals surface area contributed by atoms with Crippen LogP contribution < -0.4 is 5.32 Å². The maximum absolute atomic E-state index is 10.6. The van der Waals surface area contributed by atoms with Gasteiger partial charge < -0.3 is 15.2 Å². The van der Waals surface area contributed by atoms with Crippen LogP contribution >= 0.6 is 11.6 Å².